The number of aliphatic hydroxyl groups is 4. The van der Waals surface area contributed by atoms with Crippen molar-refractivity contribution < 1.29 is 34.7 Å². The maximum absolute atomic E-state index is 12.8. The van der Waals surface area contributed by atoms with E-state index in [-0.39, 0.29) is 25.0 Å². The fraction of sp³-hybridized carbons (Fsp3) is 0.625. The molecule has 3 rings (SSSR count). The number of nitrogens with one attached hydrogen (secondary N) is 1. The topological polar surface area (TPSA) is 128 Å². The fourth-order valence-electron chi connectivity index (χ4n) is 4.59. The van der Waals surface area contributed by atoms with Gasteiger partial charge in [0.1, 0.15) is 24.4 Å². The molecule has 0 bridgehead atoms. The Morgan fingerprint density at radius 3 is 2.59 bits per heavy atom. The third-order valence-electron chi connectivity index (χ3n) is 6.48. The van der Waals surface area contributed by atoms with E-state index in [2.05, 4.69) is 36.5 Å². The predicted molar refractivity (Wildman–Crippen MR) is 118 cm³/mol. The molecule has 8 atom stereocenters. The Labute approximate surface area is 188 Å². The Morgan fingerprint density at radius 2 is 1.91 bits per heavy atom. The number of hydrogen-bond acceptors (Lipinski definition) is 7. The molecule has 8 unspecified atom stereocenters. The molecule has 178 valence electrons. The zero-order chi connectivity index (χ0) is 23.1. The third kappa shape index (κ3) is 6.15. The van der Waals surface area contributed by atoms with E-state index >= 15 is 0 Å². The van der Waals surface area contributed by atoms with Crippen LogP contribution >= 0.6 is 0 Å². The normalized spacial score (nSPS) is 35.3. The summed E-state index contributed by atoms with van der Waals surface area (Å²) in [5.41, 5.74) is 1.15. The van der Waals surface area contributed by atoms with Gasteiger partial charge >= 0.3 is 0 Å². The number of amides is 1. The highest BCUT2D eigenvalue weighted by Gasteiger charge is 2.44. The van der Waals surface area contributed by atoms with Crippen LogP contribution < -0.4 is 5.32 Å². The van der Waals surface area contributed by atoms with Gasteiger partial charge in [-0.2, -0.15) is 0 Å². The van der Waals surface area contributed by atoms with Crippen LogP contribution in [0.3, 0.4) is 0 Å². The van der Waals surface area contributed by atoms with Gasteiger partial charge in [0, 0.05) is 12.5 Å². The number of aliphatic hydroxyl groups excluding tert-OH is 4. The lowest BCUT2D eigenvalue weighted by Crippen LogP contribution is -2.59. The molecule has 1 aromatic carbocycles. The molecular formula is C24H35NO7. The van der Waals surface area contributed by atoms with Crippen molar-refractivity contribution in [1.82, 2.24) is 5.32 Å². The van der Waals surface area contributed by atoms with E-state index in [4.69, 9.17) is 9.47 Å². The Balaban J connectivity index is 1.44. The van der Waals surface area contributed by atoms with E-state index in [0.29, 0.717) is 11.8 Å². The van der Waals surface area contributed by atoms with Gasteiger partial charge in [-0.05, 0) is 30.2 Å². The van der Waals surface area contributed by atoms with Crippen LogP contribution in [-0.4, -0.2) is 76.8 Å². The van der Waals surface area contributed by atoms with Gasteiger partial charge in [-0.15, -0.1) is 0 Å². The van der Waals surface area contributed by atoms with Crippen LogP contribution in [0.2, 0.25) is 0 Å². The summed E-state index contributed by atoms with van der Waals surface area (Å²) >= 11 is 0. The molecule has 2 aliphatic rings. The van der Waals surface area contributed by atoms with Gasteiger partial charge in [-0.3, -0.25) is 4.79 Å². The zero-order valence-electron chi connectivity index (χ0n) is 18.4. The number of benzene rings is 1. The average molecular weight is 450 g/mol. The summed E-state index contributed by atoms with van der Waals surface area (Å²) in [5, 5.41) is 41.7. The molecule has 2 fully saturated rings. The van der Waals surface area contributed by atoms with E-state index in [1.807, 2.05) is 18.2 Å². The summed E-state index contributed by atoms with van der Waals surface area (Å²) in [6, 6.07) is 10.1. The van der Waals surface area contributed by atoms with E-state index in [0.717, 1.165) is 24.8 Å². The summed E-state index contributed by atoms with van der Waals surface area (Å²) in [5.74, 6) is 0.621. The summed E-state index contributed by atoms with van der Waals surface area (Å²) in [6.07, 6.45) is 0.495. The van der Waals surface area contributed by atoms with E-state index in [1.54, 1.807) is 0 Å². The zero-order valence-corrected chi connectivity index (χ0v) is 18.4. The van der Waals surface area contributed by atoms with Gasteiger partial charge in [0.25, 0.3) is 0 Å². The fourth-order valence-corrected chi connectivity index (χ4v) is 4.59. The number of rotatable bonds is 9. The second kappa shape index (κ2) is 11.9. The second-order valence-corrected chi connectivity index (χ2v) is 8.64. The van der Waals surface area contributed by atoms with Crippen molar-refractivity contribution in [3.05, 3.63) is 42.0 Å². The Hall–Kier alpha value is -1.81. The van der Waals surface area contributed by atoms with Gasteiger partial charge in [-0.25, -0.2) is 0 Å². The van der Waals surface area contributed by atoms with Crippen LogP contribution in [0.25, 0.3) is 6.08 Å². The largest absolute Gasteiger partial charge is 0.394 e. The molecule has 32 heavy (non-hydrogen) atoms. The van der Waals surface area contributed by atoms with Gasteiger partial charge in [0.05, 0.1) is 13.2 Å². The minimum absolute atomic E-state index is 0.00939. The first-order chi connectivity index (χ1) is 15.4. The maximum Gasteiger partial charge on any atom is 0.223 e. The smallest absolute Gasteiger partial charge is 0.223 e. The molecule has 1 heterocycles. The van der Waals surface area contributed by atoms with Crippen molar-refractivity contribution in [1.29, 1.82) is 0 Å². The maximum atomic E-state index is 12.8. The van der Waals surface area contributed by atoms with Gasteiger partial charge in [-0.1, -0.05) is 55.8 Å². The van der Waals surface area contributed by atoms with Crippen LogP contribution in [0.4, 0.5) is 0 Å². The summed E-state index contributed by atoms with van der Waals surface area (Å²) in [7, 11) is 0. The number of carbonyl (C=O) groups excluding carboxylic acids is 1. The molecule has 8 heteroatoms. The lowest BCUT2D eigenvalue weighted by atomic mass is 9.93. The van der Waals surface area contributed by atoms with Gasteiger partial charge in [0.15, 0.2) is 6.29 Å². The van der Waals surface area contributed by atoms with Crippen LogP contribution in [0.1, 0.15) is 31.7 Å². The molecule has 0 spiro atoms. The number of ether oxygens (including phenoxy) is 2. The summed E-state index contributed by atoms with van der Waals surface area (Å²) < 4.78 is 10.7. The summed E-state index contributed by atoms with van der Waals surface area (Å²) in [4.78, 5) is 12.8. The standard InChI is InChI=1S/C24H35NO7/c1-2-17-12-16(9-8-15-6-4-3-5-7-15)13-18(17)23(30)25-10-11-31-24-22(29)21(28)20(27)19(14-26)32-24/h3-9,16-22,24,26-29H,2,10-14H2,1H3,(H,25,30). The molecule has 1 amide bonds. The van der Waals surface area contributed by atoms with Crippen molar-refractivity contribution in [3.8, 4) is 0 Å². The molecule has 1 saturated heterocycles. The van der Waals surface area contributed by atoms with E-state index in [9.17, 15) is 25.2 Å². The van der Waals surface area contributed by atoms with Crippen molar-refractivity contribution >= 4 is 12.0 Å². The molecular weight excluding hydrogens is 414 g/mol. The number of hydrogen-bond donors (Lipinski definition) is 5. The Kier molecular flexibility index (Phi) is 9.22. The van der Waals surface area contributed by atoms with Crippen molar-refractivity contribution in [2.75, 3.05) is 19.8 Å². The summed E-state index contributed by atoms with van der Waals surface area (Å²) in [6.45, 7) is 1.89. The monoisotopic (exact) mass is 449 g/mol. The minimum Gasteiger partial charge on any atom is -0.394 e. The third-order valence-corrected chi connectivity index (χ3v) is 6.48. The highest BCUT2D eigenvalue weighted by molar-refractivity contribution is 5.79. The molecule has 1 saturated carbocycles. The lowest BCUT2D eigenvalue weighted by Gasteiger charge is -2.39. The van der Waals surface area contributed by atoms with Crippen LogP contribution in [0, 0.1) is 17.8 Å². The van der Waals surface area contributed by atoms with Crippen LogP contribution in [-0.2, 0) is 14.3 Å². The molecule has 0 aromatic heterocycles. The first-order valence-electron chi connectivity index (χ1n) is 11.4. The molecule has 1 aliphatic heterocycles. The van der Waals surface area contributed by atoms with Gasteiger partial charge in [0.2, 0.25) is 5.91 Å². The Morgan fingerprint density at radius 1 is 1.16 bits per heavy atom. The number of allylic oxidation sites excluding steroid dienone is 1. The molecule has 5 N–H and O–H groups in total. The number of carbonyl (C=O) groups is 1. The van der Waals surface area contributed by atoms with Gasteiger partial charge < -0.3 is 35.2 Å². The Bertz CT molecular complexity index is 741. The molecule has 8 nitrogen and oxygen atoms in total. The lowest BCUT2D eigenvalue weighted by molar-refractivity contribution is -0.300. The molecule has 1 aliphatic carbocycles. The van der Waals surface area contributed by atoms with E-state index < -0.39 is 37.3 Å². The second-order valence-electron chi connectivity index (χ2n) is 8.64. The SMILES string of the molecule is CCC1CC(C=Cc2ccccc2)CC1C(=O)NCCOC1OC(CO)C(O)C(O)C1O. The minimum atomic E-state index is -1.48. The molecule has 1 aromatic rings. The van der Waals surface area contributed by atoms with Crippen molar-refractivity contribution in [2.45, 2.75) is 56.9 Å². The van der Waals surface area contributed by atoms with Crippen molar-refractivity contribution in [3.63, 3.8) is 0 Å². The first kappa shape index (κ1) is 24.8. The molecule has 0 radical (unpaired) electrons. The first-order valence-corrected chi connectivity index (χ1v) is 11.4. The van der Waals surface area contributed by atoms with Crippen LogP contribution in [0.15, 0.2) is 36.4 Å². The quantitative estimate of drug-likeness (QED) is 0.351. The highest BCUT2D eigenvalue weighted by Crippen LogP contribution is 2.39. The van der Waals surface area contributed by atoms with E-state index in [1.165, 1.54) is 0 Å². The predicted octanol–water partition coefficient (Wildman–Crippen LogP) is 0.685. The van der Waals surface area contributed by atoms with Crippen LogP contribution in [0.5, 0.6) is 0 Å². The highest BCUT2D eigenvalue weighted by atomic mass is 16.7. The van der Waals surface area contributed by atoms with Crippen molar-refractivity contribution in [2.24, 2.45) is 17.8 Å². The average Bonchev–Trinajstić information content (AvgIpc) is 3.24.